The molecule has 7 heteroatoms. The number of carbonyl (C=O) groups is 1. The standard InChI is InChI=1S/C9H13NO4S2/c1-6-3-4-15-8(6)5-10-16(13,14)7(2)9(11)12/h3-4,7,10H,5H2,1-2H3,(H,11,12). The zero-order valence-corrected chi connectivity index (χ0v) is 10.6. The van der Waals surface area contributed by atoms with E-state index in [0.29, 0.717) is 0 Å². The molecular weight excluding hydrogens is 250 g/mol. The number of aliphatic carboxylic acids is 1. The maximum absolute atomic E-state index is 11.5. The quantitative estimate of drug-likeness (QED) is 0.828. The second kappa shape index (κ2) is 4.94. The lowest BCUT2D eigenvalue weighted by Crippen LogP contribution is -2.37. The third-order valence-electron chi connectivity index (χ3n) is 2.22. The first-order chi connectivity index (χ1) is 7.34. The molecule has 0 radical (unpaired) electrons. The van der Waals surface area contributed by atoms with E-state index in [4.69, 9.17) is 5.11 Å². The molecule has 16 heavy (non-hydrogen) atoms. The molecule has 1 aromatic heterocycles. The van der Waals surface area contributed by atoms with Crippen LogP contribution in [0.15, 0.2) is 11.4 Å². The summed E-state index contributed by atoms with van der Waals surface area (Å²) in [5.41, 5.74) is 0.996. The Bertz CT molecular complexity index is 477. The average molecular weight is 263 g/mol. The van der Waals surface area contributed by atoms with Crippen LogP contribution in [0.3, 0.4) is 0 Å². The van der Waals surface area contributed by atoms with Crippen LogP contribution in [0.2, 0.25) is 0 Å². The topological polar surface area (TPSA) is 83.5 Å². The van der Waals surface area contributed by atoms with Gasteiger partial charge < -0.3 is 5.11 Å². The molecule has 90 valence electrons. The fourth-order valence-electron chi connectivity index (χ4n) is 1.01. The van der Waals surface area contributed by atoms with E-state index < -0.39 is 21.2 Å². The van der Waals surface area contributed by atoms with Gasteiger partial charge >= 0.3 is 5.97 Å². The molecule has 0 saturated carbocycles. The van der Waals surface area contributed by atoms with E-state index in [1.54, 1.807) is 0 Å². The van der Waals surface area contributed by atoms with Gasteiger partial charge in [0, 0.05) is 11.4 Å². The zero-order chi connectivity index (χ0) is 12.3. The third kappa shape index (κ3) is 3.03. The van der Waals surface area contributed by atoms with Crippen molar-refractivity contribution in [3.8, 4) is 0 Å². The molecule has 0 aliphatic rings. The summed E-state index contributed by atoms with van der Waals surface area (Å²) in [6.45, 7) is 3.16. The predicted molar refractivity (Wildman–Crippen MR) is 61.9 cm³/mol. The number of hydrogen-bond acceptors (Lipinski definition) is 4. The number of carboxylic acid groups (broad SMARTS) is 1. The molecule has 2 N–H and O–H groups in total. The highest BCUT2D eigenvalue weighted by atomic mass is 32.2. The van der Waals surface area contributed by atoms with Gasteiger partial charge in [-0.2, -0.15) is 0 Å². The molecule has 0 amide bonds. The highest BCUT2D eigenvalue weighted by Gasteiger charge is 2.27. The van der Waals surface area contributed by atoms with Crippen LogP contribution in [-0.4, -0.2) is 24.7 Å². The Morgan fingerprint density at radius 2 is 2.25 bits per heavy atom. The lowest BCUT2D eigenvalue weighted by molar-refractivity contribution is -0.136. The van der Waals surface area contributed by atoms with Gasteiger partial charge in [-0.1, -0.05) is 0 Å². The van der Waals surface area contributed by atoms with Crippen molar-refractivity contribution in [2.24, 2.45) is 0 Å². The first kappa shape index (κ1) is 13.1. The molecule has 0 aliphatic carbocycles. The maximum atomic E-state index is 11.5. The van der Waals surface area contributed by atoms with Gasteiger partial charge in [-0.05, 0) is 30.9 Å². The molecule has 1 rings (SSSR count). The maximum Gasteiger partial charge on any atom is 0.323 e. The monoisotopic (exact) mass is 263 g/mol. The summed E-state index contributed by atoms with van der Waals surface area (Å²) in [5, 5.41) is 9.04. The molecule has 1 heterocycles. The van der Waals surface area contributed by atoms with Gasteiger partial charge in [0.05, 0.1) is 0 Å². The highest BCUT2D eigenvalue weighted by molar-refractivity contribution is 7.90. The summed E-state index contributed by atoms with van der Waals surface area (Å²) in [5.74, 6) is -1.35. The van der Waals surface area contributed by atoms with Crippen LogP contribution < -0.4 is 4.72 Å². The van der Waals surface area contributed by atoms with Gasteiger partial charge in [0.15, 0.2) is 5.25 Å². The second-order valence-electron chi connectivity index (χ2n) is 3.37. The smallest absolute Gasteiger partial charge is 0.323 e. The first-order valence-electron chi connectivity index (χ1n) is 4.59. The number of thiophene rings is 1. The molecule has 1 aromatic rings. The summed E-state index contributed by atoms with van der Waals surface area (Å²) < 4.78 is 25.3. The van der Waals surface area contributed by atoms with E-state index in [0.717, 1.165) is 17.4 Å². The summed E-state index contributed by atoms with van der Waals surface area (Å²) in [4.78, 5) is 11.4. The van der Waals surface area contributed by atoms with Crippen LogP contribution in [0.5, 0.6) is 0 Å². The molecule has 0 fully saturated rings. The van der Waals surface area contributed by atoms with Gasteiger partial charge in [0.25, 0.3) is 0 Å². The average Bonchev–Trinajstić information content (AvgIpc) is 2.60. The van der Waals surface area contributed by atoms with Crippen LogP contribution in [0.4, 0.5) is 0 Å². The minimum Gasteiger partial charge on any atom is -0.480 e. The largest absolute Gasteiger partial charge is 0.480 e. The molecule has 0 spiro atoms. The Morgan fingerprint density at radius 1 is 1.62 bits per heavy atom. The van der Waals surface area contributed by atoms with Gasteiger partial charge in [-0.3, -0.25) is 4.79 Å². The van der Waals surface area contributed by atoms with Crippen LogP contribution in [0.25, 0.3) is 0 Å². The number of rotatable bonds is 5. The molecule has 0 aliphatic heterocycles. The molecule has 0 saturated heterocycles. The molecular formula is C9H13NO4S2. The Kier molecular flexibility index (Phi) is 4.06. The lowest BCUT2D eigenvalue weighted by Gasteiger charge is -2.09. The van der Waals surface area contributed by atoms with E-state index in [9.17, 15) is 13.2 Å². The van der Waals surface area contributed by atoms with Crippen molar-refractivity contribution in [1.82, 2.24) is 4.72 Å². The SMILES string of the molecule is Cc1ccsc1CNS(=O)(=O)C(C)C(=O)O. The van der Waals surface area contributed by atoms with Crippen LogP contribution >= 0.6 is 11.3 Å². The summed E-state index contributed by atoms with van der Waals surface area (Å²) in [7, 11) is -3.80. The lowest BCUT2D eigenvalue weighted by atomic mass is 10.3. The summed E-state index contributed by atoms with van der Waals surface area (Å²) in [6.07, 6.45) is 0. The molecule has 1 unspecified atom stereocenters. The Balaban J connectivity index is 2.69. The van der Waals surface area contributed by atoms with Gasteiger partial charge in [0.1, 0.15) is 0 Å². The van der Waals surface area contributed by atoms with E-state index >= 15 is 0 Å². The number of carboxylic acids is 1. The Hall–Kier alpha value is -0.920. The summed E-state index contributed by atoms with van der Waals surface area (Å²) >= 11 is 1.44. The Labute approximate surface area is 98.2 Å². The molecule has 0 aromatic carbocycles. The van der Waals surface area contributed by atoms with Crippen molar-refractivity contribution in [2.75, 3.05) is 0 Å². The molecule has 0 bridgehead atoms. The normalized spacial score (nSPS) is 13.6. The van der Waals surface area contributed by atoms with E-state index in [-0.39, 0.29) is 6.54 Å². The second-order valence-corrected chi connectivity index (χ2v) is 6.46. The fourth-order valence-corrected chi connectivity index (χ4v) is 2.81. The van der Waals surface area contributed by atoms with E-state index in [1.807, 2.05) is 18.4 Å². The van der Waals surface area contributed by atoms with Gasteiger partial charge in [-0.15, -0.1) is 11.3 Å². The number of hydrogen-bond donors (Lipinski definition) is 2. The fraction of sp³-hybridized carbons (Fsp3) is 0.444. The predicted octanol–water partition coefficient (Wildman–Crippen LogP) is 0.949. The minimum absolute atomic E-state index is 0.142. The third-order valence-corrected chi connectivity index (χ3v) is 4.92. The Morgan fingerprint density at radius 3 is 2.69 bits per heavy atom. The highest BCUT2D eigenvalue weighted by Crippen LogP contribution is 2.15. The number of sulfonamides is 1. The molecule has 1 atom stereocenters. The van der Waals surface area contributed by atoms with Crippen molar-refractivity contribution >= 4 is 27.3 Å². The van der Waals surface area contributed by atoms with Crippen molar-refractivity contribution < 1.29 is 18.3 Å². The first-order valence-corrected chi connectivity index (χ1v) is 7.01. The summed E-state index contributed by atoms with van der Waals surface area (Å²) in [6, 6.07) is 1.88. The number of aryl methyl sites for hydroxylation is 1. The van der Waals surface area contributed by atoms with Gasteiger partial charge in [0.2, 0.25) is 10.0 Å². The number of nitrogens with one attached hydrogen (secondary N) is 1. The minimum atomic E-state index is -3.80. The van der Waals surface area contributed by atoms with Gasteiger partial charge in [-0.25, -0.2) is 13.1 Å². The van der Waals surface area contributed by atoms with Crippen molar-refractivity contribution in [1.29, 1.82) is 0 Å². The van der Waals surface area contributed by atoms with Crippen molar-refractivity contribution in [2.45, 2.75) is 25.6 Å². The van der Waals surface area contributed by atoms with Crippen LogP contribution in [0, 0.1) is 6.92 Å². The van der Waals surface area contributed by atoms with E-state index in [1.165, 1.54) is 11.3 Å². The van der Waals surface area contributed by atoms with Crippen LogP contribution in [0.1, 0.15) is 17.4 Å². The van der Waals surface area contributed by atoms with Crippen molar-refractivity contribution in [3.05, 3.63) is 21.9 Å². The van der Waals surface area contributed by atoms with Crippen LogP contribution in [-0.2, 0) is 21.4 Å². The van der Waals surface area contributed by atoms with E-state index in [2.05, 4.69) is 4.72 Å². The zero-order valence-electron chi connectivity index (χ0n) is 8.93. The molecule has 5 nitrogen and oxygen atoms in total. The van der Waals surface area contributed by atoms with Crippen molar-refractivity contribution in [3.63, 3.8) is 0 Å².